The maximum absolute atomic E-state index is 13.3. The summed E-state index contributed by atoms with van der Waals surface area (Å²) in [6, 6.07) is 4.69. The van der Waals surface area contributed by atoms with Gasteiger partial charge >= 0.3 is 0 Å². The zero-order valence-electron chi connectivity index (χ0n) is 25.2. The quantitative estimate of drug-likeness (QED) is 0.193. The molecule has 0 spiro atoms. The summed E-state index contributed by atoms with van der Waals surface area (Å²) in [5, 5.41) is 10.7. The van der Waals surface area contributed by atoms with Crippen molar-refractivity contribution in [3.63, 3.8) is 0 Å². The molecule has 11 heteroatoms. The van der Waals surface area contributed by atoms with Crippen LogP contribution < -0.4 is 20.9 Å². The van der Waals surface area contributed by atoms with Crippen molar-refractivity contribution in [2.45, 2.75) is 85.9 Å². The minimum Gasteiger partial charge on any atom is -0.448 e. The van der Waals surface area contributed by atoms with Gasteiger partial charge in [0.05, 0.1) is 0 Å². The van der Waals surface area contributed by atoms with Crippen molar-refractivity contribution in [1.29, 1.82) is 0 Å². The maximum atomic E-state index is 13.3. The lowest BCUT2D eigenvalue weighted by molar-refractivity contribution is -0.122. The number of ether oxygens (including phenoxy) is 2. The Morgan fingerprint density at radius 2 is 1.88 bits per heavy atom. The molecule has 1 aliphatic carbocycles. The summed E-state index contributed by atoms with van der Waals surface area (Å²) in [6.07, 6.45) is 4.23. The maximum Gasteiger partial charge on any atom is 0.288 e. The molecule has 40 heavy (non-hydrogen) atoms. The van der Waals surface area contributed by atoms with E-state index in [2.05, 4.69) is 75.0 Å². The number of halogens is 1. The lowest BCUT2D eigenvalue weighted by Gasteiger charge is -2.50. The Labute approximate surface area is 244 Å². The number of hydrogen-bond donors (Lipinski definition) is 2. The molecule has 1 saturated carbocycles. The minimum absolute atomic E-state index is 0.0327. The van der Waals surface area contributed by atoms with Gasteiger partial charge in [-0.25, -0.2) is 4.68 Å². The number of pyridine rings is 1. The smallest absolute Gasteiger partial charge is 0.288 e. The van der Waals surface area contributed by atoms with Crippen molar-refractivity contribution in [3.05, 3.63) is 45.5 Å². The Morgan fingerprint density at radius 3 is 2.52 bits per heavy atom. The summed E-state index contributed by atoms with van der Waals surface area (Å²) in [5.74, 6) is 1.01. The normalized spacial score (nSPS) is 22.5. The van der Waals surface area contributed by atoms with Crippen molar-refractivity contribution < 1.29 is 14.3 Å². The number of anilines is 1. The van der Waals surface area contributed by atoms with Crippen LogP contribution in [0.15, 0.2) is 29.3 Å². The van der Waals surface area contributed by atoms with Gasteiger partial charge in [-0.1, -0.05) is 65.9 Å². The number of nitrogens with zero attached hydrogens (tertiary/aromatic N) is 3. The summed E-state index contributed by atoms with van der Waals surface area (Å²) in [6.45, 7) is 18.8. The monoisotopic (exact) mass is 591 g/mol. The fraction of sp³-hybridized carbons (Fsp3) is 0.655. The van der Waals surface area contributed by atoms with E-state index in [1.165, 1.54) is 0 Å². The van der Waals surface area contributed by atoms with Crippen LogP contribution in [0.2, 0.25) is 30.7 Å². The summed E-state index contributed by atoms with van der Waals surface area (Å²) in [5.41, 5.74) is 0.884. The fourth-order valence-electron chi connectivity index (χ4n) is 5.03. The van der Waals surface area contributed by atoms with Crippen molar-refractivity contribution in [2.24, 2.45) is 23.2 Å². The Bertz CT molecular complexity index is 1200. The number of carbonyl (C=O) groups is 1. The second-order valence-corrected chi connectivity index (χ2v) is 18.9. The van der Waals surface area contributed by atoms with Crippen LogP contribution in [-0.2, 0) is 22.6 Å². The molecule has 0 unspecified atom stereocenters. The molecule has 1 aliphatic rings. The first kappa shape index (κ1) is 32.1. The molecule has 3 rings (SSSR count). The number of hydrogen-bond acceptors (Lipinski definition) is 7. The average molecular weight is 592 g/mol. The van der Waals surface area contributed by atoms with Crippen LogP contribution in [0.4, 0.5) is 5.69 Å². The number of amides is 1. The van der Waals surface area contributed by atoms with Gasteiger partial charge in [-0.3, -0.25) is 14.6 Å². The van der Waals surface area contributed by atoms with Gasteiger partial charge in [0, 0.05) is 39.7 Å². The molecule has 0 radical (unpaired) electrons. The van der Waals surface area contributed by atoms with Gasteiger partial charge in [-0.2, -0.15) is 0 Å². The van der Waals surface area contributed by atoms with E-state index in [4.69, 9.17) is 21.1 Å². The van der Waals surface area contributed by atoms with Crippen LogP contribution in [-0.4, -0.2) is 48.2 Å². The second kappa shape index (κ2) is 13.5. The van der Waals surface area contributed by atoms with Crippen LogP contribution in [0.5, 0.6) is 5.88 Å². The van der Waals surface area contributed by atoms with E-state index in [1.54, 1.807) is 12.4 Å². The summed E-state index contributed by atoms with van der Waals surface area (Å²) >= 11 is 6.67. The average Bonchev–Trinajstić information content (AvgIpc) is 2.89. The molecule has 1 amide bonds. The highest BCUT2D eigenvalue weighted by molar-refractivity contribution is 6.76. The zero-order chi connectivity index (χ0) is 29.7. The molecule has 2 aromatic rings. The highest BCUT2D eigenvalue weighted by atomic mass is 35.5. The van der Waals surface area contributed by atoms with Gasteiger partial charge in [0.25, 0.3) is 11.4 Å². The van der Waals surface area contributed by atoms with E-state index < -0.39 is 13.6 Å². The summed E-state index contributed by atoms with van der Waals surface area (Å²) < 4.78 is 12.7. The lowest BCUT2D eigenvalue weighted by Crippen LogP contribution is -2.48. The molecule has 2 N–H and O–H groups in total. The highest BCUT2D eigenvalue weighted by Gasteiger charge is 2.44. The minimum atomic E-state index is -1.26. The molecule has 0 bridgehead atoms. The number of aromatic nitrogens is 3. The van der Waals surface area contributed by atoms with Crippen molar-refractivity contribution in [2.75, 3.05) is 18.7 Å². The first-order valence-corrected chi connectivity index (χ1v) is 18.2. The molecular weight excluding hydrogens is 546 g/mol. The van der Waals surface area contributed by atoms with Gasteiger partial charge in [0.2, 0.25) is 5.91 Å². The molecule has 222 valence electrons. The predicted octanol–water partition coefficient (Wildman–Crippen LogP) is 5.42. The molecule has 9 nitrogen and oxygen atoms in total. The van der Waals surface area contributed by atoms with Gasteiger partial charge in [0.15, 0.2) is 6.79 Å². The van der Waals surface area contributed by atoms with Crippen molar-refractivity contribution in [1.82, 2.24) is 20.1 Å². The Kier molecular flexibility index (Phi) is 10.8. The van der Waals surface area contributed by atoms with Crippen molar-refractivity contribution in [3.8, 4) is 5.88 Å². The van der Waals surface area contributed by atoms with E-state index in [-0.39, 0.29) is 41.6 Å². The summed E-state index contributed by atoms with van der Waals surface area (Å²) in [4.78, 5) is 29.9. The number of carbonyl (C=O) groups excluding carboxylic acids is 1. The first-order valence-electron chi connectivity index (χ1n) is 14.1. The van der Waals surface area contributed by atoms with Crippen LogP contribution in [0.1, 0.15) is 46.6 Å². The molecule has 4 atom stereocenters. The van der Waals surface area contributed by atoms with Crippen LogP contribution in [0, 0.1) is 23.2 Å². The molecular formula is C29H46ClN5O4Si. The first-order chi connectivity index (χ1) is 18.7. The van der Waals surface area contributed by atoms with Gasteiger partial charge in [0.1, 0.15) is 17.3 Å². The van der Waals surface area contributed by atoms with E-state index >= 15 is 0 Å². The van der Waals surface area contributed by atoms with E-state index in [9.17, 15) is 9.59 Å². The number of nitrogens with one attached hydrogen (secondary N) is 2. The Morgan fingerprint density at radius 1 is 1.20 bits per heavy atom. The van der Waals surface area contributed by atoms with E-state index in [1.807, 2.05) is 12.1 Å². The molecule has 1 fully saturated rings. The Balaban J connectivity index is 1.82. The fourth-order valence-corrected chi connectivity index (χ4v) is 6.02. The van der Waals surface area contributed by atoms with Crippen molar-refractivity contribution >= 4 is 31.3 Å². The van der Waals surface area contributed by atoms with E-state index in [0.717, 1.165) is 22.7 Å². The van der Waals surface area contributed by atoms with Crippen LogP contribution in [0.3, 0.4) is 0 Å². The molecule has 0 saturated heterocycles. The predicted molar refractivity (Wildman–Crippen MR) is 162 cm³/mol. The molecule has 2 heterocycles. The van der Waals surface area contributed by atoms with Gasteiger partial charge in [-0.15, -0.1) is 5.10 Å². The van der Waals surface area contributed by atoms with Gasteiger partial charge < -0.3 is 20.1 Å². The third kappa shape index (κ3) is 8.30. The van der Waals surface area contributed by atoms with Crippen LogP contribution in [0.25, 0.3) is 0 Å². The lowest BCUT2D eigenvalue weighted by atomic mass is 9.58. The van der Waals surface area contributed by atoms with Gasteiger partial charge in [-0.05, 0) is 53.3 Å². The third-order valence-corrected chi connectivity index (χ3v) is 10.7. The third-order valence-electron chi connectivity index (χ3n) is 8.68. The highest BCUT2D eigenvalue weighted by Crippen LogP contribution is 2.48. The topological polar surface area (TPSA) is 107 Å². The number of rotatable bonds is 12. The van der Waals surface area contributed by atoms with E-state index in [0.29, 0.717) is 36.6 Å². The molecule has 0 aromatic carbocycles. The standard InChI is InChI=1S/C29H46ClN5O4Si/c1-19-15-23(20(2)21(3)29(19,4)5)33-26-25(30)28(37)35(17-24(36)32-16-22-9-11-31-12-10-22)34-27(26)39-18-38-13-14-40(6,7)8/h9-12,19-21,23,33H,13-18H2,1-8H3,(H,32,36)/t19-,20+,21+,23+/m0/s1. The molecule has 0 aliphatic heterocycles. The zero-order valence-corrected chi connectivity index (χ0v) is 27.0. The largest absolute Gasteiger partial charge is 0.448 e. The summed E-state index contributed by atoms with van der Waals surface area (Å²) in [7, 11) is -1.26. The SMILES string of the molecule is C[C@@H]1[C@@H](C)C(C)(C)[C@@H](C)C[C@H]1Nc1c(OCOCC[Si](C)(C)C)nn(CC(=O)NCc2ccncc2)c(=O)c1Cl. The second-order valence-electron chi connectivity index (χ2n) is 12.9. The molecule has 2 aromatic heterocycles. The van der Waals surface area contributed by atoms with Crippen LogP contribution >= 0.6 is 11.6 Å². The Hall–Kier alpha value is -2.43.